The summed E-state index contributed by atoms with van der Waals surface area (Å²) in [5, 5.41) is 2.75. The Hall–Kier alpha value is -2.76. The molecule has 1 aliphatic heterocycles. The summed E-state index contributed by atoms with van der Waals surface area (Å²) in [6, 6.07) is 8.90. The van der Waals surface area contributed by atoms with Crippen molar-refractivity contribution in [1.29, 1.82) is 0 Å². The molecule has 3 rings (SSSR count). The van der Waals surface area contributed by atoms with E-state index in [0.717, 1.165) is 0 Å². The van der Waals surface area contributed by atoms with Gasteiger partial charge in [-0.1, -0.05) is 12.1 Å². The molecule has 1 aromatic carbocycles. The van der Waals surface area contributed by atoms with Crippen molar-refractivity contribution in [2.24, 2.45) is 0 Å². The van der Waals surface area contributed by atoms with Gasteiger partial charge in [0.2, 0.25) is 0 Å². The van der Waals surface area contributed by atoms with Crippen molar-refractivity contribution in [3.8, 4) is 11.5 Å². The number of aromatic nitrogens is 1. The standard InChI is InChI=1S/C15H14N2O4/c18-8-10-5-12(16-6-10)15(19)17-7-11-9-20-13-3-1-2-4-14(13)21-11/h1-6,8,11,16H,7,9H2,(H,17,19). The molecular weight excluding hydrogens is 272 g/mol. The van der Waals surface area contributed by atoms with Gasteiger partial charge in [-0.05, 0) is 18.2 Å². The summed E-state index contributed by atoms with van der Waals surface area (Å²) in [5.41, 5.74) is 0.778. The average molecular weight is 286 g/mol. The van der Waals surface area contributed by atoms with Crippen LogP contribution in [-0.4, -0.2) is 36.4 Å². The third kappa shape index (κ3) is 2.89. The smallest absolute Gasteiger partial charge is 0.267 e. The van der Waals surface area contributed by atoms with Gasteiger partial charge in [-0.2, -0.15) is 0 Å². The first-order valence-electron chi connectivity index (χ1n) is 6.56. The molecule has 0 spiro atoms. The van der Waals surface area contributed by atoms with Crippen LogP contribution in [0.5, 0.6) is 11.5 Å². The highest BCUT2D eigenvalue weighted by molar-refractivity contribution is 5.94. The number of ether oxygens (including phenoxy) is 2. The number of hydrogen-bond acceptors (Lipinski definition) is 4. The molecule has 2 heterocycles. The summed E-state index contributed by atoms with van der Waals surface area (Å²) >= 11 is 0. The monoisotopic (exact) mass is 286 g/mol. The zero-order valence-corrected chi connectivity index (χ0v) is 11.2. The van der Waals surface area contributed by atoms with Gasteiger partial charge in [-0.25, -0.2) is 0 Å². The molecule has 0 fully saturated rings. The van der Waals surface area contributed by atoms with E-state index >= 15 is 0 Å². The topological polar surface area (TPSA) is 80.4 Å². The van der Waals surface area contributed by atoms with E-state index in [0.29, 0.717) is 42.2 Å². The maximum Gasteiger partial charge on any atom is 0.267 e. The van der Waals surface area contributed by atoms with E-state index in [2.05, 4.69) is 10.3 Å². The zero-order valence-electron chi connectivity index (χ0n) is 11.2. The minimum Gasteiger partial charge on any atom is -0.486 e. The van der Waals surface area contributed by atoms with Crippen molar-refractivity contribution < 1.29 is 19.1 Å². The van der Waals surface area contributed by atoms with Gasteiger partial charge in [-0.15, -0.1) is 0 Å². The van der Waals surface area contributed by atoms with Crippen LogP contribution in [-0.2, 0) is 0 Å². The lowest BCUT2D eigenvalue weighted by atomic mass is 10.2. The summed E-state index contributed by atoms with van der Waals surface area (Å²) in [4.78, 5) is 25.2. The number of para-hydroxylation sites is 2. The lowest BCUT2D eigenvalue weighted by Gasteiger charge is -2.26. The third-order valence-corrected chi connectivity index (χ3v) is 3.14. The van der Waals surface area contributed by atoms with Crippen LogP contribution in [0.3, 0.4) is 0 Å². The highest BCUT2D eigenvalue weighted by Crippen LogP contribution is 2.30. The molecule has 6 heteroatoms. The normalized spacial score (nSPS) is 16.3. The number of rotatable bonds is 4. The van der Waals surface area contributed by atoms with Crippen molar-refractivity contribution in [1.82, 2.24) is 10.3 Å². The number of carbonyl (C=O) groups excluding carboxylic acids is 2. The highest BCUT2D eigenvalue weighted by Gasteiger charge is 2.21. The molecule has 1 aliphatic rings. The second-order valence-electron chi connectivity index (χ2n) is 4.67. The van der Waals surface area contributed by atoms with E-state index in [1.807, 2.05) is 24.3 Å². The molecule has 108 valence electrons. The van der Waals surface area contributed by atoms with E-state index in [-0.39, 0.29) is 12.0 Å². The van der Waals surface area contributed by atoms with Gasteiger partial charge < -0.3 is 19.8 Å². The molecule has 6 nitrogen and oxygen atoms in total. The van der Waals surface area contributed by atoms with Crippen LogP contribution in [0, 0.1) is 0 Å². The number of nitrogens with one attached hydrogen (secondary N) is 2. The fraction of sp³-hybridized carbons (Fsp3) is 0.200. The van der Waals surface area contributed by atoms with Crippen LogP contribution in [0.4, 0.5) is 0 Å². The Morgan fingerprint density at radius 3 is 2.95 bits per heavy atom. The van der Waals surface area contributed by atoms with Crippen molar-refractivity contribution >= 4 is 12.2 Å². The molecule has 0 aliphatic carbocycles. The van der Waals surface area contributed by atoms with Crippen molar-refractivity contribution in [2.75, 3.05) is 13.2 Å². The Morgan fingerprint density at radius 1 is 1.38 bits per heavy atom. The zero-order chi connectivity index (χ0) is 14.7. The summed E-state index contributed by atoms with van der Waals surface area (Å²) < 4.78 is 11.3. The molecule has 1 unspecified atom stereocenters. The quantitative estimate of drug-likeness (QED) is 0.832. The van der Waals surface area contributed by atoms with Gasteiger partial charge in [0, 0.05) is 11.8 Å². The number of hydrogen-bond donors (Lipinski definition) is 2. The fourth-order valence-corrected chi connectivity index (χ4v) is 2.08. The number of fused-ring (bicyclic) bond motifs is 1. The summed E-state index contributed by atoms with van der Waals surface area (Å²) in [5.74, 6) is 1.09. The Balaban J connectivity index is 1.56. The molecule has 0 saturated carbocycles. The fourth-order valence-electron chi connectivity index (χ4n) is 2.08. The molecule has 1 amide bonds. The summed E-state index contributed by atoms with van der Waals surface area (Å²) in [6.45, 7) is 0.699. The second kappa shape index (κ2) is 5.70. The van der Waals surface area contributed by atoms with Gasteiger partial charge in [0.25, 0.3) is 5.91 Å². The van der Waals surface area contributed by atoms with E-state index in [1.54, 1.807) is 0 Å². The van der Waals surface area contributed by atoms with Crippen LogP contribution >= 0.6 is 0 Å². The molecule has 1 aromatic heterocycles. The Kier molecular flexibility index (Phi) is 3.59. The first kappa shape index (κ1) is 13.2. The van der Waals surface area contributed by atoms with Crippen LogP contribution < -0.4 is 14.8 Å². The lowest BCUT2D eigenvalue weighted by Crippen LogP contribution is -2.40. The first-order valence-corrected chi connectivity index (χ1v) is 6.56. The van der Waals surface area contributed by atoms with Crippen LogP contribution in [0.15, 0.2) is 36.5 Å². The number of H-pyrrole nitrogens is 1. The lowest BCUT2D eigenvalue weighted by molar-refractivity contribution is 0.0786. The molecular formula is C15H14N2O4. The molecule has 2 aromatic rings. The first-order chi connectivity index (χ1) is 10.3. The van der Waals surface area contributed by atoms with Crippen LogP contribution in [0.25, 0.3) is 0 Å². The van der Waals surface area contributed by atoms with Gasteiger partial charge >= 0.3 is 0 Å². The van der Waals surface area contributed by atoms with E-state index in [9.17, 15) is 9.59 Å². The van der Waals surface area contributed by atoms with Gasteiger partial charge in [-0.3, -0.25) is 9.59 Å². The van der Waals surface area contributed by atoms with Crippen molar-refractivity contribution in [3.63, 3.8) is 0 Å². The molecule has 2 N–H and O–H groups in total. The molecule has 0 radical (unpaired) electrons. The van der Waals surface area contributed by atoms with Crippen molar-refractivity contribution in [2.45, 2.75) is 6.10 Å². The minimum absolute atomic E-state index is 0.246. The summed E-state index contributed by atoms with van der Waals surface area (Å²) in [7, 11) is 0. The molecule has 0 bridgehead atoms. The number of amides is 1. The highest BCUT2D eigenvalue weighted by atomic mass is 16.6. The van der Waals surface area contributed by atoms with Gasteiger partial charge in [0.1, 0.15) is 18.4 Å². The Labute approximate surface area is 121 Å². The second-order valence-corrected chi connectivity index (χ2v) is 4.67. The average Bonchev–Trinajstić information content (AvgIpc) is 3.01. The molecule has 21 heavy (non-hydrogen) atoms. The van der Waals surface area contributed by atoms with Crippen molar-refractivity contribution in [3.05, 3.63) is 47.8 Å². The van der Waals surface area contributed by atoms with E-state index in [1.165, 1.54) is 12.3 Å². The largest absolute Gasteiger partial charge is 0.486 e. The number of aromatic amines is 1. The van der Waals surface area contributed by atoms with Gasteiger partial charge in [0.05, 0.1) is 6.54 Å². The number of aldehydes is 1. The Morgan fingerprint density at radius 2 is 2.19 bits per heavy atom. The third-order valence-electron chi connectivity index (χ3n) is 3.14. The minimum atomic E-state index is -0.287. The van der Waals surface area contributed by atoms with E-state index < -0.39 is 0 Å². The predicted molar refractivity (Wildman–Crippen MR) is 74.9 cm³/mol. The summed E-state index contributed by atoms with van der Waals surface area (Å²) in [6.07, 6.45) is 1.92. The SMILES string of the molecule is O=Cc1c[nH]c(C(=O)NCC2COc3ccccc3O2)c1. The maximum atomic E-state index is 11.9. The number of benzene rings is 1. The maximum absolute atomic E-state index is 11.9. The Bertz CT molecular complexity index is 665. The van der Waals surface area contributed by atoms with Gasteiger partial charge in [0.15, 0.2) is 17.8 Å². The van der Waals surface area contributed by atoms with E-state index in [4.69, 9.17) is 9.47 Å². The number of carbonyl (C=O) groups is 2. The molecule has 0 saturated heterocycles. The molecule has 1 atom stereocenters. The predicted octanol–water partition coefficient (Wildman–Crippen LogP) is 1.40. The van der Waals surface area contributed by atoms with Crippen LogP contribution in [0.1, 0.15) is 20.8 Å². The van der Waals surface area contributed by atoms with Crippen LogP contribution in [0.2, 0.25) is 0 Å².